The third-order valence-corrected chi connectivity index (χ3v) is 4.83. The Balaban J connectivity index is 1.57. The summed E-state index contributed by atoms with van der Waals surface area (Å²) in [6.45, 7) is 6.68. The summed E-state index contributed by atoms with van der Waals surface area (Å²) < 4.78 is 30.8. The fourth-order valence-electron chi connectivity index (χ4n) is 3.22. The molecule has 1 unspecified atom stereocenters. The van der Waals surface area contributed by atoms with Crippen molar-refractivity contribution in [3.05, 3.63) is 58.9 Å². The van der Waals surface area contributed by atoms with E-state index < -0.39 is 0 Å². The summed E-state index contributed by atoms with van der Waals surface area (Å²) in [4.78, 5) is 4.25. The van der Waals surface area contributed by atoms with Crippen LogP contribution >= 0.6 is 0 Å². The molecule has 2 N–H and O–H groups in total. The van der Waals surface area contributed by atoms with Gasteiger partial charge in [-0.1, -0.05) is 18.2 Å². The van der Waals surface area contributed by atoms with Crippen molar-refractivity contribution in [1.29, 1.82) is 0 Å². The van der Waals surface area contributed by atoms with E-state index >= 15 is 0 Å². The van der Waals surface area contributed by atoms with E-state index in [1.807, 2.05) is 26.0 Å². The molecule has 0 spiro atoms. The first-order chi connectivity index (χ1) is 14.6. The van der Waals surface area contributed by atoms with E-state index in [-0.39, 0.29) is 17.7 Å². The van der Waals surface area contributed by atoms with Gasteiger partial charge in [0.05, 0.1) is 19.8 Å². The van der Waals surface area contributed by atoms with Crippen LogP contribution in [0.15, 0.2) is 41.4 Å². The topological polar surface area (TPSA) is 64.1 Å². The summed E-state index contributed by atoms with van der Waals surface area (Å²) in [7, 11) is 1.70. The summed E-state index contributed by atoms with van der Waals surface area (Å²) >= 11 is 0. The number of nitrogens with zero attached hydrogens (tertiary/aromatic N) is 1. The quantitative estimate of drug-likeness (QED) is 0.510. The zero-order valence-corrected chi connectivity index (χ0v) is 17.8. The highest BCUT2D eigenvalue weighted by atomic mass is 19.1. The fourth-order valence-corrected chi connectivity index (χ4v) is 3.22. The number of aryl methyl sites for hydroxylation is 1. The molecule has 0 bridgehead atoms. The molecule has 162 valence electrons. The van der Waals surface area contributed by atoms with Gasteiger partial charge in [-0.05, 0) is 43.2 Å². The normalized spacial score (nSPS) is 16.4. The molecule has 1 aliphatic heterocycles. The molecule has 3 rings (SSSR count). The number of ether oxygens (including phenoxy) is 3. The lowest BCUT2D eigenvalue weighted by Crippen LogP contribution is -2.36. The first-order valence-electron chi connectivity index (χ1n) is 10.3. The van der Waals surface area contributed by atoms with E-state index in [0.717, 1.165) is 35.5 Å². The monoisotopic (exact) mass is 415 g/mol. The lowest BCUT2D eigenvalue weighted by Gasteiger charge is -2.18. The van der Waals surface area contributed by atoms with Gasteiger partial charge >= 0.3 is 0 Å². The zero-order valence-electron chi connectivity index (χ0n) is 17.8. The van der Waals surface area contributed by atoms with Gasteiger partial charge in [0, 0.05) is 32.1 Å². The minimum Gasteiger partial charge on any atom is -0.491 e. The van der Waals surface area contributed by atoms with Crippen molar-refractivity contribution in [2.24, 2.45) is 4.99 Å². The highest BCUT2D eigenvalue weighted by Gasteiger charge is 2.18. The van der Waals surface area contributed by atoms with Crippen molar-refractivity contribution in [3.8, 4) is 11.5 Å². The smallest absolute Gasteiger partial charge is 0.191 e. The van der Waals surface area contributed by atoms with Gasteiger partial charge in [-0.2, -0.15) is 0 Å². The molecule has 6 nitrogen and oxygen atoms in total. The number of aliphatic imine (C=N–C) groups is 1. The van der Waals surface area contributed by atoms with Gasteiger partial charge in [0.25, 0.3) is 0 Å². The van der Waals surface area contributed by atoms with Crippen molar-refractivity contribution >= 4 is 5.96 Å². The largest absolute Gasteiger partial charge is 0.491 e. The van der Waals surface area contributed by atoms with Crippen LogP contribution in [0.2, 0.25) is 0 Å². The van der Waals surface area contributed by atoms with E-state index in [1.165, 1.54) is 6.07 Å². The highest BCUT2D eigenvalue weighted by Crippen LogP contribution is 2.24. The Labute approximate surface area is 177 Å². The van der Waals surface area contributed by atoms with Gasteiger partial charge in [-0.25, -0.2) is 4.39 Å². The molecule has 1 fully saturated rings. The molecule has 2 aromatic carbocycles. The molecule has 0 aliphatic carbocycles. The van der Waals surface area contributed by atoms with E-state index in [0.29, 0.717) is 32.3 Å². The van der Waals surface area contributed by atoms with Crippen LogP contribution in [-0.4, -0.2) is 38.9 Å². The number of hydrogen-bond acceptors (Lipinski definition) is 4. The summed E-state index contributed by atoms with van der Waals surface area (Å²) in [5.41, 5.74) is 3.00. The van der Waals surface area contributed by atoms with Crippen LogP contribution < -0.4 is 20.1 Å². The number of rotatable bonds is 8. The Bertz CT molecular complexity index is 867. The molecule has 1 saturated heterocycles. The van der Waals surface area contributed by atoms with Crippen molar-refractivity contribution < 1.29 is 18.6 Å². The van der Waals surface area contributed by atoms with E-state index in [2.05, 4.69) is 27.8 Å². The predicted molar refractivity (Wildman–Crippen MR) is 116 cm³/mol. The maximum Gasteiger partial charge on any atom is 0.191 e. The van der Waals surface area contributed by atoms with Crippen LogP contribution in [0.4, 0.5) is 4.39 Å². The van der Waals surface area contributed by atoms with Crippen LogP contribution in [0.1, 0.15) is 30.0 Å². The molecular formula is C23H30FN3O3. The van der Waals surface area contributed by atoms with Crippen LogP contribution in [0.5, 0.6) is 11.5 Å². The standard InChI is InChI=1S/C23H30FN3O3/c1-4-29-21-8-6-17(12-20(21)24)13-26-23(25-3)27-14-18-7-5-16(2)11-22(18)30-19-9-10-28-15-19/h5-8,11-12,19H,4,9-10,13-15H2,1-3H3,(H2,25,26,27). The molecule has 1 atom stereocenters. The Morgan fingerprint density at radius 2 is 2.00 bits per heavy atom. The zero-order chi connectivity index (χ0) is 21.3. The van der Waals surface area contributed by atoms with Crippen LogP contribution in [-0.2, 0) is 17.8 Å². The molecule has 1 heterocycles. The molecule has 0 saturated carbocycles. The van der Waals surface area contributed by atoms with E-state index in [1.54, 1.807) is 13.1 Å². The Hall–Kier alpha value is -2.80. The number of halogens is 1. The van der Waals surface area contributed by atoms with Crippen LogP contribution in [0.3, 0.4) is 0 Å². The first-order valence-corrected chi connectivity index (χ1v) is 10.3. The third kappa shape index (κ3) is 6.10. The number of nitrogens with one attached hydrogen (secondary N) is 2. The average molecular weight is 416 g/mol. The summed E-state index contributed by atoms with van der Waals surface area (Å²) in [6, 6.07) is 11.1. The maximum atomic E-state index is 14.0. The minimum atomic E-state index is -0.364. The van der Waals surface area contributed by atoms with Gasteiger partial charge in [0.1, 0.15) is 11.9 Å². The van der Waals surface area contributed by atoms with Crippen molar-refractivity contribution in [1.82, 2.24) is 10.6 Å². The molecule has 0 radical (unpaired) electrons. The fraction of sp³-hybridized carbons (Fsp3) is 0.435. The second kappa shape index (κ2) is 10.8. The SMILES string of the molecule is CCOc1ccc(CNC(=NC)NCc2ccc(C)cc2OC2CCOC2)cc1F. The van der Waals surface area contributed by atoms with Gasteiger partial charge in [0.2, 0.25) is 0 Å². The van der Waals surface area contributed by atoms with Gasteiger partial charge in [-0.3, -0.25) is 4.99 Å². The third-order valence-electron chi connectivity index (χ3n) is 4.83. The lowest BCUT2D eigenvalue weighted by atomic mass is 10.1. The van der Waals surface area contributed by atoms with Gasteiger partial charge in [0.15, 0.2) is 17.5 Å². The van der Waals surface area contributed by atoms with Crippen molar-refractivity contribution in [3.63, 3.8) is 0 Å². The van der Waals surface area contributed by atoms with Crippen LogP contribution in [0, 0.1) is 12.7 Å². The number of hydrogen-bond donors (Lipinski definition) is 2. The lowest BCUT2D eigenvalue weighted by molar-refractivity contribution is 0.140. The van der Waals surface area contributed by atoms with Gasteiger partial charge < -0.3 is 24.8 Å². The van der Waals surface area contributed by atoms with Gasteiger partial charge in [-0.15, -0.1) is 0 Å². The number of benzene rings is 2. The predicted octanol–water partition coefficient (Wildman–Crippen LogP) is 3.57. The summed E-state index contributed by atoms with van der Waals surface area (Å²) in [6.07, 6.45) is 1.00. The molecular weight excluding hydrogens is 385 g/mol. The molecule has 7 heteroatoms. The Morgan fingerprint density at radius 1 is 1.17 bits per heavy atom. The van der Waals surface area contributed by atoms with Crippen LogP contribution in [0.25, 0.3) is 0 Å². The maximum absolute atomic E-state index is 14.0. The minimum absolute atomic E-state index is 0.0949. The number of guanidine groups is 1. The van der Waals surface area contributed by atoms with E-state index in [9.17, 15) is 4.39 Å². The molecule has 30 heavy (non-hydrogen) atoms. The Morgan fingerprint density at radius 3 is 2.70 bits per heavy atom. The molecule has 2 aromatic rings. The second-order valence-electron chi connectivity index (χ2n) is 7.19. The first kappa shape index (κ1) is 21.9. The van der Waals surface area contributed by atoms with E-state index in [4.69, 9.17) is 14.2 Å². The van der Waals surface area contributed by atoms with Crippen molar-refractivity contribution in [2.45, 2.75) is 39.5 Å². The molecule has 0 amide bonds. The van der Waals surface area contributed by atoms with Crippen molar-refractivity contribution in [2.75, 3.05) is 26.9 Å². The summed E-state index contributed by atoms with van der Waals surface area (Å²) in [5.74, 6) is 1.39. The molecule has 1 aliphatic rings. The average Bonchev–Trinajstić information content (AvgIpc) is 3.24. The summed E-state index contributed by atoms with van der Waals surface area (Å²) in [5, 5.41) is 6.51. The molecule has 0 aromatic heterocycles. The second-order valence-corrected chi connectivity index (χ2v) is 7.19. The highest BCUT2D eigenvalue weighted by molar-refractivity contribution is 5.79. The Kier molecular flexibility index (Phi) is 7.90.